The lowest BCUT2D eigenvalue weighted by Gasteiger charge is -2.48. The summed E-state index contributed by atoms with van der Waals surface area (Å²) in [7, 11) is 2.19. The molecule has 0 unspecified atom stereocenters. The molecule has 0 amide bonds. The standard InChI is InChI=1S/C17H32N2O2/c1-3-21-16(20)15-17(9-7-5-4-6-8-10-17)19-13-11-18(2)12-14-19/h3-15H2,1-2H3. The fourth-order valence-electron chi connectivity index (χ4n) is 3.93. The Morgan fingerprint density at radius 1 is 1.00 bits per heavy atom. The number of rotatable bonds is 4. The van der Waals surface area contributed by atoms with Crippen LogP contribution in [0.1, 0.15) is 58.3 Å². The molecule has 4 heteroatoms. The van der Waals surface area contributed by atoms with E-state index in [2.05, 4.69) is 16.8 Å². The summed E-state index contributed by atoms with van der Waals surface area (Å²) in [5.74, 6) is -0.00278. The van der Waals surface area contributed by atoms with Gasteiger partial charge >= 0.3 is 5.97 Å². The van der Waals surface area contributed by atoms with E-state index in [4.69, 9.17) is 4.74 Å². The second-order valence-electron chi connectivity index (χ2n) is 6.76. The van der Waals surface area contributed by atoms with E-state index in [0.29, 0.717) is 13.0 Å². The Bertz CT molecular complexity index is 317. The van der Waals surface area contributed by atoms with Gasteiger partial charge in [0.25, 0.3) is 0 Å². The smallest absolute Gasteiger partial charge is 0.307 e. The van der Waals surface area contributed by atoms with Crippen LogP contribution in [0, 0.1) is 0 Å². The van der Waals surface area contributed by atoms with Crippen molar-refractivity contribution in [3.63, 3.8) is 0 Å². The van der Waals surface area contributed by atoms with Crippen molar-refractivity contribution in [2.75, 3.05) is 39.8 Å². The molecule has 0 aromatic rings. The van der Waals surface area contributed by atoms with Crippen LogP contribution in [0.2, 0.25) is 0 Å². The van der Waals surface area contributed by atoms with Crippen molar-refractivity contribution >= 4 is 5.97 Å². The lowest BCUT2D eigenvalue weighted by Crippen LogP contribution is -2.57. The van der Waals surface area contributed by atoms with Gasteiger partial charge in [-0.3, -0.25) is 9.69 Å². The number of hydrogen-bond acceptors (Lipinski definition) is 4. The fourth-order valence-corrected chi connectivity index (χ4v) is 3.93. The highest BCUT2D eigenvalue weighted by atomic mass is 16.5. The number of carbonyl (C=O) groups is 1. The minimum absolute atomic E-state index is 0.00278. The molecule has 0 aromatic heterocycles. The molecular formula is C17H32N2O2. The Morgan fingerprint density at radius 2 is 1.57 bits per heavy atom. The third-order valence-corrected chi connectivity index (χ3v) is 5.24. The number of piperazine rings is 1. The zero-order valence-electron chi connectivity index (χ0n) is 13.9. The van der Waals surface area contributed by atoms with Crippen molar-refractivity contribution in [2.24, 2.45) is 0 Å². The maximum Gasteiger partial charge on any atom is 0.307 e. The Labute approximate surface area is 129 Å². The second-order valence-corrected chi connectivity index (χ2v) is 6.76. The highest BCUT2D eigenvalue weighted by Crippen LogP contribution is 2.35. The van der Waals surface area contributed by atoms with Crippen molar-refractivity contribution in [2.45, 2.75) is 63.8 Å². The van der Waals surface area contributed by atoms with Gasteiger partial charge < -0.3 is 9.64 Å². The van der Waals surface area contributed by atoms with E-state index >= 15 is 0 Å². The molecule has 1 aliphatic heterocycles. The summed E-state index contributed by atoms with van der Waals surface area (Å²) in [5.41, 5.74) is 0.0634. The Balaban J connectivity index is 2.09. The van der Waals surface area contributed by atoms with Gasteiger partial charge in [0.15, 0.2) is 0 Å². The average molecular weight is 296 g/mol. The van der Waals surface area contributed by atoms with E-state index in [0.717, 1.165) is 39.0 Å². The van der Waals surface area contributed by atoms with Crippen molar-refractivity contribution in [3.05, 3.63) is 0 Å². The van der Waals surface area contributed by atoms with Crippen molar-refractivity contribution < 1.29 is 9.53 Å². The van der Waals surface area contributed by atoms with Crippen LogP contribution in [0.3, 0.4) is 0 Å². The molecule has 4 nitrogen and oxygen atoms in total. The summed E-state index contributed by atoms with van der Waals surface area (Å²) >= 11 is 0. The highest BCUT2D eigenvalue weighted by Gasteiger charge is 2.39. The van der Waals surface area contributed by atoms with Gasteiger partial charge in [-0.05, 0) is 26.8 Å². The molecule has 1 heterocycles. The largest absolute Gasteiger partial charge is 0.466 e. The quantitative estimate of drug-likeness (QED) is 0.747. The van der Waals surface area contributed by atoms with Gasteiger partial charge in [0.1, 0.15) is 0 Å². The maximum atomic E-state index is 12.2. The van der Waals surface area contributed by atoms with Crippen molar-refractivity contribution in [3.8, 4) is 0 Å². The first-order chi connectivity index (χ1) is 10.2. The summed E-state index contributed by atoms with van der Waals surface area (Å²) < 4.78 is 5.28. The van der Waals surface area contributed by atoms with Crippen LogP contribution in [0.5, 0.6) is 0 Å². The number of ether oxygens (including phenoxy) is 1. The first-order valence-corrected chi connectivity index (χ1v) is 8.75. The number of esters is 1. The number of likely N-dealkylation sites (N-methyl/N-ethyl adjacent to an activating group) is 1. The van der Waals surface area contributed by atoms with Crippen LogP contribution in [0.4, 0.5) is 0 Å². The van der Waals surface area contributed by atoms with Gasteiger partial charge in [-0.2, -0.15) is 0 Å². The summed E-state index contributed by atoms with van der Waals surface area (Å²) in [6.45, 7) is 6.82. The van der Waals surface area contributed by atoms with Crippen LogP contribution in [-0.2, 0) is 9.53 Å². The van der Waals surface area contributed by atoms with Crippen LogP contribution in [0.15, 0.2) is 0 Å². The minimum atomic E-state index is -0.00278. The van der Waals surface area contributed by atoms with Gasteiger partial charge in [-0.15, -0.1) is 0 Å². The average Bonchev–Trinajstić information content (AvgIpc) is 2.43. The lowest BCUT2D eigenvalue weighted by atomic mass is 9.79. The van der Waals surface area contributed by atoms with E-state index < -0.39 is 0 Å². The summed E-state index contributed by atoms with van der Waals surface area (Å²) in [6, 6.07) is 0. The molecule has 122 valence electrons. The molecule has 0 spiro atoms. The Morgan fingerprint density at radius 3 is 2.14 bits per heavy atom. The van der Waals surface area contributed by atoms with Crippen LogP contribution in [-0.4, -0.2) is 61.1 Å². The van der Waals surface area contributed by atoms with Crippen molar-refractivity contribution in [1.82, 2.24) is 9.80 Å². The van der Waals surface area contributed by atoms with Gasteiger partial charge in [-0.1, -0.05) is 32.1 Å². The van der Waals surface area contributed by atoms with E-state index in [1.807, 2.05) is 6.92 Å². The predicted molar refractivity (Wildman–Crippen MR) is 85.4 cm³/mol. The fraction of sp³-hybridized carbons (Fsp3) is 0.941. The molecule has 0 bridgehead atoms. The Hall–Kier alpha value is -0.610. The maximum absolute atomic E-state index is 12.2. The van der Waals surface area contributed by atoms with Gasteiger partial charge in [0.2, 0.25) is 0 Å². The molecule has 1 saturated heterocycles. The number of nitrogens with zero attached hydrogens (tertiary/aromatic N) is 2. The van der Waals surface area contributed by atoms with E-state index in [1.165, 1.54) is 32.1 Å². The van der Waals surface area contributed by atoms with Crippen molar-refractivity contribution in [1.29, 1.82) is 0 Å². The van der Waals surface area contributed by atoms with E-state index in [-0.39, 0.29) is 11.5 Å². The number of hydrogen-bond donors (Lipinski definition) is 0. The first-order valence-electron chi connectivity index (χ1n) is 8.75. The van der Waals surface area contributed by atoms with E-state index in [9.17, 15) is 4.79 Å². The third-order valence-electron chi connectivity index (χ3n) is 5.24. The number of carbonyl (C=O) groups excluding carboxylic acids is 1. The van der Waals surface area contributed by atoms with Crippen LogP contribution < -0.4 is 0 Å². The summed E-state index contributed by atoms with van der Waals surface area (Å²) in [6.07, 6.45) is 9.42. The molecule has 0 N–H and O–H groups in total. The monoisotopic (exact) mass is 296 g/mol. The van der Waals surface area contributed by atoms with Gasteiger partial charge in [0.05, 0.1) is 13.0 Å². The second kappa shape index (κ2) is 8.14. The molecule has 1 saturated carbocycles. The molecule has 0 aromatic carbocycles. The Kier molecular flexibility index (Phi) is 6.49. The zero-order chi connectivity index (χ0) is 15.1. The minimum Gasteiger partial charge on any atom is -0.466 e. The first kappa shape index (κ1) is 16.8. The van der Waals surface area contributed by atoms with Gasteiger partial charge in [-0.25, -0.2) is 0 Å². The molecule has 0 radical (unpaired) electrons. The molecule has 2 rings (SSSR count). The van der Waals surface area contributed by atoms with E-state index in [1.54, 1.807) is 0 Å². The normalized spacial score (nSPS) is 25.0. The third kappa shape index (κ3) is 4.68. The molecular weight excluding hydrogens is 264 g/mol. The topological polar surface area (TPSA) is 32.8 Å². The molecule has 2 fully saturated rings. The predicted octanol–water partition coefficient (Wildman–Crippen LogP) is 2.67. The molecule has 21 heavy (non-hydrogen) atoms. The zero-order valence-corrected chi connectivity index (χ0v) is 13.9. The molecule has 2 aliphatic rings. The van der Waals surface area contributed by atoms with Crippen LogP contribution >= 0.6 is 0 Å². The lowest BCUT2D eigenvalue weighted by molar-refractivity contribution is -0.147. The SMILES string of the molecule is CCOC(=O)CC1(N2CCN(C)CC2)CCCCCCC1. The van der Waals surface area contributed by atoms with Gasteiger partial charge in [0, 0.05) is 31.7 Å². The molecule has 0 atom stereocenters. The highest BCUT2D eigenvalue weighted by molar-refractivity contribution is 5.71. The van der Waals surface area contributed by atoms with Crippen LogP contribution in [0.25, 0.3) is 0 Å². The molecule has 1 aliphatic carbocycles. The summed E-state index contributed by atoms with van der Waals surface area (Å²) in [4.78, 5) is 17.2. The summed E-state index contributed by atoms with van der Waals surface area (Å²) in [5, 5.41) is 0.